The predicted octanol–water partition coefficient (Wildman–Crippen LogP) is 3.64. The first-order valence-electron chi connectivity index (χ1n) is 11.6. The van der Waals surface area contributed by atoms with Crippen LogP contribution in [0.5, 0.6) is 0 Å². The lowest BCUT2D eigenvalue weighted by Crippen LogP contribution is -2.43. The van der Waals surface area contributed by atoms with Gasteiger partial charge in [0, 0.05) is 24.0 Å². The maximum atomic E-state index is 12.8. The van der Waals surface area contributed by atoms with E-state index in [0.29, 0.717) is 24.8 Å². The van der Waals surface area contributed by atoms with Crippen LogP contribution >= 0.6 is 0 Å². The Kier molecular flexibility index (Phi) is 7.03. The zero-order valence-electron chi connectivity index (χ0n) is 19.5. The smallest absolute Gasteiger partial charge is 0.365 e. The summed E-state index contributed by atoms with van der Waals surface area (Å²) in [4.78, 5) is 11.1. The largest absolute Gasteiger partial charge is 0.501 e. The van der Waals surface area contributed by atoms with Crippen molar-refractivity contribution in [2.24, 2.45) is 17.6 Å². The molecule has 0 saturated heterocycles. The van der Waals surface area contributed by atoms with E-state index in [1.54, 1.807) is 4.68 Å². The molecule has 1 aromatic carbocycles. The van der Waals surface area contributed by atoms with Crippen LogP contribution in [0.15, 0.2) is 35.4 Å². The van der Waals surface area contributed by atoms with E-state index in [1.807, 2.05) is 0 Å². The van der Waals surface area contributed by atoms with Crippen molar-refractivity contribution < 1.29 is 26.4 Å². The van der Waals surface area contributed by atoms with Crippen LogP contribution in [0, 0.1) is 23.2 Å². The molecule has 9 nitrogen and oxygen atoms in total. The van der Waals surface area contributed by atoms with Gasteiger partial charge in [-0.1, -0.05) is 0 Å². The number of benzene rings is 1. The summed E-state index contributed by atoms with van der Waals surface area (Å²) >= 11 is 0. The predicted molar refractivity (Wildman–Crippen MR) is 125 cm³/mol. The van der Waals surface area contributed by atoms with Crippen LogP contribution in [-0.4, -0.2) is 41.7 Å². The number of nitrogens with one attached hydrogen (secondary N) is 2. The minimum Gasteiger partial charge on any atom is -0.365 e. The topological polar surface area (TPSA) is 143 Å². The van der Waals surface area contributed by atoms with Crippen molar-refractivity contribution in [3.05, 3.63) is 36.0 Å². The third-order valence-corrected chi connectivity index (χ3v) is 8.38. The van der Waals surface area contributed by atoms with Crippen molar-refractivity contribution in [2.45, 2.75) is 67.6 Å². The molecule has 1 aromatic heterocycles. The molecule has 0 radical (unpaired) electrons. The number of halogens is 3. The average molecular weight is 525 g/mol. The second-order valence-electron chi connectivity index (χ2n) is 9.44. The highest BCUT2D eigenvalue weighted by Gasteiger charge is 2.46. The number of nitrogens with zero attached hydrogens (tertiary/aromatic N) is 3. The number of nitrogens with two attached hydrogens (primary N) is 1. The fourth-order valence-electron chi connectivity index (χ4n) is 4.69. The zero-order chi connectivity index (χ0) is 26.3. The zero-order valence-corrected chi connectivity index (χ0v) is 20.3. The first-order chi connectivity index (χ1) is 16.9. The molecule has 2 fully saturated rings. The van der Waals surface area contributed by atoms with Crippen molar-refractivity contribution >= 4 is 27.2 Å². The Labute approximate surface area is 206 Å². The van der Waals surface area contributed by atoms with Gasteiger partial charge in [0.25, 0.3) is 15.7 Å². The fraction of sp³-hybridized carbons (Fsp3) is 0.522. The van der Waals surface area contributed by atoms with Crippen LogP contribution in [0.1, 0.15) is 55.4 Å². The van der Waals surface area contributed by atoms with E-state index in [1.165, 1.54) is 19.0 Å². The lowest BCUT2D eigenvalue weighted by Gasteiger charge is -2.34. The monoisotopic (exact) mass is 524 g/mol. The number of primary amides is 1. The third kappa shape index (κ3) is 5.34. The third-order valence-electron chi connectivity index (χ3n) is 6.88. The standard InChI is InChI=1S/C23H27F3N6O3S/c1-13(14-2-3-14)29-17-6-9-20(15(10-17)11-27)32-12-19(21(28)33)22(31-32)30-16-4-7-18(8-5-16)36(34,35)23(24,25)26/h4-5,7-8,12-15,17,20,29H,2-3,6,9-10H2,1H3,(H2,28,33)(H,30,31)/t13-,15+,17-,20-/m0/s1. The molecule has 2 saturated carbocycles. The maximum Gasteiger partial charge on any atom is 0.501 e. The molecule has 1 amide bonds. The van der Waals surface area contributed by atoms with Crippen molar-refractivity contribution in [1.29, 1.82) is 5.26 Å². The average Bonchev–Trinajstić information content (AvgIpc) is 3.59. The van der Waals surface area contributed by atoms with E-state index in [2.05, 4.69) is 28.7 Å². The molecule has 4 rings (SSSR count). The highest BCUT2D eigenvalue weighted by Crippen LogP contribution is 2.37. The van der Waals surface area contributed by atoms with Gasteiger partial charge in [-0.25, -0.2) is 8.42 Å². The van der Waals surface area contributed by atoms with Gasteiger partial charge >= 0.3 is 5.51 Å². The molecule has 0 spiro atoms. The summed E-state index contributed by atoms with van der Waals surface area (Å²) in [5, 5.41) is 20.7. The summed E-state index contributed by atoms with van der Waals surface area (Å²) in [6.07, 6.45) is 6.06. The van der Waals surface area contributed by atoms with Crippen LogP contribution in [-0.2, 0) is 9.84 Å². The van der Waals surface area contributed by atoms with Crippen LogP contribution in [0.25, 0.3) is 0 Å². The first kappa shape index (κ1) is 26.0. The number of aromatic nitrogens is 2. The van der Waals surface area contributed by atoms with Gasteiger partial charge in [-0.3, -0.25) is 9.48 Å². The van der Waals surface area contributed by atoms with Crippen LogP contribution in [0.4, 0.5) is 24.7 Å². The number of carbonyl (C=O) groups excluding carboxylic acids is 1. The van der Waals surface area contributed by atoms with Crippen LogP contribution in [0.2, 0.25) is 0 Å². The number of rotatable bonds is 8. The minimum absolute atomic E-state index is 0.0429. The molecule has 36 heavy (non-hydrogen) atoms. The van der Waals surface area contributed by atoms with E-state index < -0.39 is 26.1 Å². The number of hydrogen-bond acceptors (Lipinski definition) is 7. The SMILES string of the molecule is C[C@H](N[C@H]1CC[C@H](n2cc(C(N)=O)c(Nc3ccc(S(=O)(=O)C(F)(F)F)cc3)n2)[C@@H](C#N)C1)C1CC1. The van der Waals surface area contributed by atoms with E-state index in [4.69, 9.17) is 5.73 Å². The highest BCUT2D eigenvalue weighted by atomic mass is 32.2. The molecule has 0 aliphatic heterocycles. The van der Waals surface area contributed by atoms with Gasteiger partial charge in [0.2, 0.25) is 0 Å². The number of carbonyl (C=O) groups is 1. The number of anilines is 2. The molecule has 4 atom stereocenters. The molecule has 0 bridgehead atoms. The lowest BCUT2D eigenvalue weighted by molar-refractivity contribution is -0.0436. The quantitative estimate of drug-likeness (QED) is 0.478. The highest BCUT2D eigenvalue weighted by molar-refractivity contribution is 7.92. The van der Waals surface area contributed by atoms with Gasteiger partial charge in [0.05, 0.1) is 22.9 Å². The van der Waals surface area contributed by atoms with Crippen LogP contribution in [0.3, 0.4) is 0 Å². The van der Waals surface area contributed by atoms with Crippen molar-refractivity contribution in [3.63, 3.8) is 0 Å². The summed E-state index contributed by atoms with van der Waals surface area (Å²) in [5.74, 6) is -0.359. The Morgan fingerprint density at radius 2 is 1.89 bits per heavy atom. The molecule has 4 N–H and O–H groups in total. The molecule has 194 valence electrons. The second-order valence-corrected chi connectivity index (χ2v) is 11.4. The van der Waals surface area contributed by atoms with E-state index in [-0.39, 0.29) is 35.1 Å². The second kappa shape index (κ2) is 9.74. The molecule has 0 unspecified atom stereocenters. The first-order valence-corrected chi connectivity index (χ1v) is 13.1. The lowest BCUT2D eigenvalue weighted by atomic mass is 9.82. The molecule has 13 heteroatoms. The summed E-state index contributed by atoms with van der Waals surface area (Å²) in [6, 6.07) is 6.60. The molecule has 2 aromatic rings. The van der Waals surface area contributed by atoms with Gasteiger partial charge < -0.3 is 16.4 Å². The Balaban J connectivity index is 1.51. The van der Waals surface area contributed by atoms with Crippen LogP contribution < -0.4 is 16.4 Å². The van der Waals surface area contributed by atoms with Gasteiger partial charge in [-0.05, 0) is 69.2 Å². The summed E-state index contributed by atoms with van der Waals surface area (Å²) in [6.45, 7) is 2.17. The van der Waals surface area contributed by atoms with Gasteiger partial charge in [-0.15, -0.1) is 0 Å². The molecule has 2 aliphatic carbocycles. The summed E-state index contributed by atoms with van der Waals surface area (Å²) in [5.41, 5.74) is 0.345. The summed E-state index contributed by atoms with van der Waals surface area (Å²) < 4.78 is 63.0. The number of amides is 1. The Morgan fingerprint density at radius 3 is 2.44 bits per heavy atom. The maximum absolute atomic E-state index is 12.8. The Hall–Kier alpha value is -3.11. The van der Waals surface area contributed by atoms with E-state index >= 15 is 0 Å². The number of hydrogen-bond donors (Lipinski definition) is 3. The Morgan fingerprint density at radius 1 is 1.22 bits per heavy atom. The normalized spacial score (nSPS) is 23.6. The van der Waals surface area contributed by atoms with Crippen molar-refractivity contribution in [2.75, 3.05) is 5.32 Å². The molecule has 1 heterocycles. The fourth-order valence-corrected chi connectivity index (χ4v) is 5.45. The molecular formula is C23H27F3N6O3S. The Bertz CT molecular complexity index is 1270. The van der Waals surface area contributed by atoms with E-state index in [9.17, 15) is 31.6 Å². The van der Waals surface area contributed by atoms with E-state index in [0.717, 1.165) is 30.7 Å². The molecular weight excluding hydrogens is 497 g/mol. The number of alkyl halides is 3. The van der Waals surface area contributed by atoms with Crippen molar-refractivity contribution in [3.8, 4) is 6.07 Å². The number of nitriles is 1. The van der Waals surface area contributed by atoms with Gasteiger partial charge in [0.15, 0.2) is 5.82 Å². The van der Waals surface area contributed by atoms with Gasteiger partial charge in [-0.2, -0.15) is 23.5 Å². The van der Waals surface area contributed by atoms with Crippen molar-refractivity contribution in [1.82, 2.24) is 15.1 Å². The molecule has 2 aliphatic rings. The minimum atomic E-state index is -5.48. The van der Waals surface area contributed by atoms with Gasteiger partial charge in [0.1, 0.15) is 5.56 Å². The summed E-state index contributed by atoms with van der Waals surface area (Å²) in [7, 11) is -5.48. The number of sulfone groups is 1.